The van der Waals surface area contributed by atoms with Crippen LogP contribution in [0.2, 0.25) is 0 Å². The second kappa shape index (κ2) is 4.90. The number of hydrogen-bond acceptors (Lipinski definition) is 6. The molecule has 14 heavy (non-hydrogen) atoms. The average molecular weight is 217 g/mol. The van der Waals surface area contributed by atoms with Gasteiger partial charge in [-0.25, -0.2) is 9.59 Å². The number of carbonyl (C=O) groups excluding carboxylic acids is 2. The summed E-state index contributed by atoms with van der Waals surface area (Å²) < 4.78 is 8.99. The van der Waals surface area contributed by atoms with Gasteiger partial charge < -0.3 is 14.8 Å². The maximum absolute atomic E-state index is 11.3. The fourth-order valence-corrected chi connectivity index (χ4v) is 1.93. The predicted molar refractivity (Wildman–Crippen MR) is 51.5 cm³/mol. The molecule has 0 atom stereocenters. The molecule has 0 bridgehead atoms. The number of methoxy groups -OCH3 is 2. The molecule has 1 fully saturated rings. The van der Waals surface area contributed by atoms with Gasteiger partial charge in [0.15, 0.2) is 5.57 Å². The predicted octanol–water partition coefficient (Wildman–Crippen LogP) is -0.120. The third-order valence-electron chi connectivity index (χ3n) is 1.64. The van der Waals surface area contributed by atoms with E-state index < -0.39 is 11.9 Å². The lowest BCUT2D eigenvalue weighted by atomic mass is 10.3. The van der Waals surface area contributed by atoms with Crippen molar-refractivity contribution in [2.24, 2.45) is 0 Å². The van der Waals surface area contributed by atoms with E-state index in [4.69, 9.17) is 0 Å². The molecule has 0 aromatic carbocycles. The molecule has 0 amide bonds. The largest absolute Gasteiger partial charge is 0.465 e. The van der Waals surface area contributed by atoms with Crippen molar-refractivity contribution >= 4 is 23.7 Å². The highest BCUT2D eigenvalue weighted by molar-refractivity contribution is 8.03. The molecule has 6 heteroatoms. The molecule has 0 aliphatic carbocycles. The Morgan fingerprint density at radius 3 is 2.21 bits per heavy atom. The Morgan fingerprint density at radius 1 is 1.29 bits per heavy atom. The summed E-state index contributed by atoms with van der Waals surface area (Å²) in [6, 6.07) is 0. The van der Waals surface area contributed by atoms with Crippen LogP contribution in [0.5, 0.6) is 0 Å². The van der Waals surface area contributed by atoms with E-state index in [0.29, 0.717) is 5.03 Å². The highest BCUT2D eigenvalue weighted by Crippen LogP contribution is 2.23. The Morgan fingerprint density at radius 2 is 1.86 bits per heavy atom. The number of esters is 2. The average Bonchev–Trinajstić information content (AvgIpc) is 2.70. The van der Waals surface area contributed by atoms with E-state index in [9.17, 15) is 9.59 Å². The molecule has 1 saturated heterocycles. The fraction of sp³-hybridized carbons (Fsp3) is 0.500. The van der Waals surface area contributed by atoms with E-state index in [2.05, 4.69) is 14.8 Å². The Kier molecular flexibility index (Phi) is 3.82. The Labute approximate surface area is 85.8 Å². The number of hydrogen-bond donors (Lipinski definition) is 1. The summed E-state index contributed by atoms with van der Waals surface area (Å²) in [5.41, 5.74) is -0.0579. The Bertz CT molecular complexity index is 261. The van der Waals surface area contributed by atoms with Crippen LogP contribution in [0.25, 0.3) is 0 Å². The number of ether oxygens (including phenoxy) is 2. The van der Waals surface area contributed by atoms with Gasteiger partial charge in [0.2, 0.25) is 0 Å². The minimum atomic E-state index is -0.672. The minimum absolute atomic E-state index is 0.0579. The molecule has 0 radical (unpaired) electrons. The first-order chi connectivity index (χ1) is 6.70. The molecule has 0 saturated carbocycles. The summed E-state index contributed by atoms with van der Waals surface area (Å²) in [6.07, 6.45) is 0. The minimum Gasteiger partial charge on any atom is -0.465 e. The van der Waals surface area contributed by atoms with Gasteiger partial charge in [-0.2, -0.15) is 0 Å². The lowest BCUT2D eigenvalue weighted by Crippen LogP contribution is -2.21. The van der Waals surface area contributed by atoms with Gasteiger partial charge in [0.05, 0.1) is 19.2 Å². The molecule has 1 N–H and O–H groups in total. The quantitative estimate of drug-likeness (QED) is 0.301. The van der Waals surface area contributed by atoms with Gasteiger partial charge in [-0.1, -0.05) is 0 Å². The van der Waals surface area contributed by atoms with E-state index in [1.54, 1.807) is 0 Å². The molecule has 78 valence electrons. The molecular weight excluding hydrogens is 206 g/mol. The van der Waals surface area contributed by atoms with Crippen molar-refractivity contribution in [3.63, 3.8) is 0 Å². The molecular formula is C8H11NO4S. The molecule has 0 aromatic rings. The second-order valence-electron chi connectivity index (χ2n) is 2.46. The molecule has 5 nitrogen and oxygen atoms in total. The van der Waals surface area contributed by atoms with E-state index in [-0.39, 0.29) is 5.57 Å². The second-order valence-corrected chi connectivity index (χ2v) is 3.57. The molecule has 1 aliphatic heterocycles. The van der Waals surface area contributed by atoms with E-state index in [1.165, 1.54) is 26.0 Å². The lowest BCUT2D eigenvalue weighted by Gasteiger charge is -2.06. The summed E-state index contributed by atoms with van der Waals surface area (Å²) in [4.78, 5) is 22.5. The molecule has 1 aliphatic rings. The topological polar surface area (TPSA) is 64.6 Å². The maximum atomic E-state index is 11.3. The number of thioether (sulfide) groups is 1. The summed E-state index contributed by atoms with van der Waals surface area (Å²) in [5, 5.41) is 3.46. The van der Waals surface area contributed by atoms with Crippen LogP contribution in [-0.2, 0) is 19.1 Å². The Hall–Kier alpha value is -1.17. The van der Waals surface area contributed by atoms with Crippen molar-refractivity contribution in [3.05, 3.63) is 10.6 Å². The van der Waals surface area contributed by atoms with Gasteiger partial charge in [-0.05, 0) is 0 Å². The van der Waals surface area contributed by atoms with Crippen molar-refractivity contribution in [2.45, 2.75) is 0 Å². The van der Waals surface area contributed by atoms with E-state index in [1.807, 2.05) is 0 Å². The van der Waals surface area contributed by atoms with Crippen LogP contribution in [0.1, 0.15) is 0 Å². The van der Waals surface area contributed by atoms with Crippen LogP contribution in [0, 0.1) is 0 Å². The maximum Gasteiger partial charge on any atom is 0.348 e. The third-order valence-corrected chi connectivity index (χ3v) is 2.69. The molecule has 0 spiro atoms. The zero-order valence-corrected chi connectivity index (χ0v) is 8.77. The van der Waals surface area contributed by atoms with Gasteiger partial charge in [0, 0.05) is 12.3 Å². The van der Waals surface area contributed by atoms with Gasteiger partial charge in [-0.15, -0.1) is 11.8 Å². The van der Waals surface area contributed by atoms with Crippen molar-refractivity contribution in [2.75, 3.05) is 26.5 Å². The molecule has 0 unspecified atom stereocenters. The molecule has 1 rings (SSSR count). The van der Waals surface area contributed by atoms with Crippen LogP contribution < -0.4 is 5.32 Å². The van der Waals surface area contributed by atoms with Crippen LogP contribution in [0.4, 0.5) is 0 Å². The van der Waals surface area contributed by atoms with Crippen molar-refractivity contribution < 1.29 is 19.1 Å². The van der Waals surface area contributed by atoms with Crippen LogP contribution in [0.15, 0.2) is 10.6 Å². The molecule has 0 aromatic heterocycles. The number of carbonyl (C=O) groups is 2. The number of rotatable bonds is 2. The monoisotopic (exact) mass is 217 g/mol. The van der Waals surface area contributed by atoms with Gasteiger partial charge >= 0.3 is 11.9 Å². The fourth-order valence-electron chi connectivity index (χ4n) is 1.00. The lowest BCUT2D eigenvalue weighted by molar-refractivity contribution is -0.144. The van der Waals surface area contributed by atoms with Crippen molar-refractivity contribution in [3.8, 4) is 0 Å². The summed E-state index contributed by atoms with van der Waals surface area (Å²) in [5.74, 6) is -0.519. The first kappa shape index (κ1) is 10.9. The van der Waals surface area contributed by atoms with E-state index >= 15 is 0 Å². The van der Waals surface area contributed by atoms with E-state index in [0.717, 1.165) is 12.3 Å². The summed E-state index contributed by atoms with van der Waals surface area (Å²) in [6.45, 7) is 0.734. The standard InChI is InChI=1S/C8H11NO4S/c1-12-7(10)5(8(11)13-2)6-9-3-4-14-6/h9H,3-4H2,1-2H3. The summed E-state index contributed by atoms with van der Waals surface area (Å²) in [7, 11) is 2.46. The Balaban J connectivity index is 2.97. The highest BCUT2D eigenvalue weighted by Gasteiger charge is 2.27. The van der Waals surface area contributed by atoms with Gasteiger partial charge in [-0.3, -0.25) is 0 Å². The molecule has 1 heterocycles. The normalized spacial score (nSPS) is 14.6. The first-order valence-corrected chi connectivity index (χ1v) is 4.96. The van der Waals surface area contributed by atoms with Gasteiger partial charge in [0.25, 0.3) is 0 Å². The first-order valence-electron chi connectivity index (χ1n) is 3.98. The van der Waals surface area contributed by atoms with Crippen LogP contribution in [0.3, 0.4) is 0 Å². The van der Waals surface area contributed by atoms with Crippen molar-refractivity contribution in [1.29, 1.82) is 0 Å². The third kappa shape index (κ3) is 2.20. The zero-order chi connectivity index (χ0) is 10.6. The SMILES string of the molecule is COC(=O)C(C(=O)OC)=C1NCCS1. The van der Waals surface area contributed by atoms with Crippen molar-refractivity contribution in [1.82, 2.24) is 5.32 Å². The smallest absolute Gasteiger partial charge is 0.348 e. The summed E-state index contributed by atoms with van der Waals surface area (Å²) >= 11 is 1.40. The highest BCUT2D eigenvalue weighted by atomic mass is 32.2. The van der Waals surface area contributed by atoms with Gasteiger partial charge in [0.1, 0.15) is 0 Å². The van der Waals surface area contributed by atoms with Crippen LogP contribution in [-0.4, -0.2) is 38.5 Å². The van der Waals surface area contributed by atoms with Crippen LogP contribution >= 0.6 is 11.8 Å². The zero-order valence-electron chi connectivity index (χ0n) is 7.96. The number of nitrogens with one attached hydrogen (secondary N) is 1.